The highest BCUT2D eigenvalue weighted by atomic mass is 16.4. The van der Waals surface area contributed by atoms with E-state index in [0.29, 0.717) is 17.0 Å². The number of nitrogens with two attached hydrogens (primary N) is 1. The van der Waals surface area contributed by atoms with Gasteiger partial charge in [0.15, 0.2) is 5.84 Å². The number of hydrogen-bond acceptors (Lipinski definition) is 3. The minimum absolute atomic E-state index is 0.0120. The molecule has 1 aromatic carbocycles. The quantitative estimate of drug-likeness (QED) is 0.374. The van der Waals surface area contributed by atoms with Gasteiger partial charge in [0.1, 0.15) is 0 Å². The summed E-state index contributed by atoms with van der Waals surface area (Å²) in [6.45, 7) is 0.820. The summed E-state index contributed by atoms with van der Waals surface area (Å²) in [5.41, 5.74) is 6.70. The molecule has 1 fully saturated rings. The van der Waals surface area contributed by atoms with Crippen molar-refractivity contribution in [1.29, 1.82) is 0 Å². The van der Waals surface area contributed by atoms with Crippen LogP contribution in [0.1, 0.15) is 35.2 Å². The molecule has 5 heteroatoms. The lowest BCUT2D eigenvalue weighted by molar-refractivity contribution is 0.0745. The molecule has 5 nitrogen and oxygen atoms in total. The van der Waals surface area contributed by atoms with Crippen LogP contribution < -0.4 is 5.73 Å². The van der Waals surface area contributed by atoms with E-state index >= 15 is 0 Å². The molecular formula is C14H19N3O2. The zero-order valence-electron chi connectivity index (χ0n) is 11.0. The number of carbonyl (C=O) groups excluding carboxylic acids is 1. The van der Waals surface area contributed by atoms with Crippen LogP contribution >= 0.6 is 0 Å². The fraction of sp³-hybridized carbons (Fsp3) is 0.429. The molecule has 1 aliphatic carbocycles. The van der Waals surface area contributed by atoms with Crippen molar-refractivity contribution in [2.24, 2.45) is 16.8 Å². The molecule has 3 N–H and O–H groups in total. The number of hydrogen-bond donors (Lipinski definition) is 2. The highest BCUT2D eigenvalue weighted by molar-refractivity contribution is 5.99. The highest BCUT2D eigenvalue weighted by Gasteiger charge is 2.21. The first-order chi connectivity index (χ1) is 9.11. The van der Waals surface area contributed by atoms with E-state index in [0.717, 1.165) is 6.54 Å². The summed E-state index contributed by atoms with van der Waals surface area (Å²) in [6.07, 6.45) is 3.72. The maximum atomic E-state index is 12.2. The van der Waals surface area contributed by atoms with Gasteiger partial charge >= 0.3 is 0 Å². The first-order valence-electron chi connectivity index (χ1n) is 6.45. The molecule has 0 unspecified atom stereocenters. The number of amidine groups is 1. The third-order valence-electron chi connectivity index (χ3n) is 3.64. The van der Waals surface area contributed by atoms with E-state index in [-0.39, 0.29) is 11.7 Å². The molecule has 0 heterocycles. The van der Waals surface area contributed by atoms with Gasteiger partial charge in [-0.15, -0.1) is 0 Å². The van der Waals surface area contributed by atoms with Crippen molar-refractivity contribution in [3.63, 3.8) is 0 Å². The first kappa shape index (κ1) is 13.4. The van der Waals surface area contributed by atoms with Crippen molar-refractivity contribution in [2.45, 2.75) is 19.3 Å². The van der Waals surface area contributed by atoms with Crippen molar-refractivity contribution < 1.29 is 10.0 Å². The topological polar surface area (TPSA) is 78.9 Å². The van der Waals surface area contributed by atoms with Gasteiger partial charge in [0.05, 0.1) is 0 Å². The van der Waals surface area contributed by atoms with Gasteiger partial charge in [-0.25, -0.2) is 0 Å². The van der Waals surface area contributed by atoms with E-state index in [1.54, 1.807) is 29.2 Å². The summed E-state index contributed by atoms with van der Waals surface area (Å²) in [7, 11) is 1.83. The number of rotatable bonds is 4. The molecular weight excluding hydrogens is 242 g/mol. The van der Waals surface area contributed by atoms with Crippen LogP contribution in [0.3, 0.4) is 0 Å². The molecule has 102 valence electrons. The fourth-order valence-electron chi connectivity index (χ4n) is 2.21. The molecule has 19 heavy (non-hydrogen) atoms. The van der Waals surface area contributed by atoms with Crippen LogP contribution in [0.2, 0.25) is 0 Å². The van der Waals surface area contributed by atoms with Crippen molar-refractivity contribution in [3.05, 3.63) is 35.4 Å². The molecule has 1 saturated carbocycles. The van der Waals surface area contributed by atoms with Gasteiger partial charge < -0.3 is 15.8 Å². The van der Waals surface area contributed by atoms with Crippen LogP contribution in [-0.2, 0) is 0 Å². The lowest BCUT2D eigenvalue weighted by atomic mass is 9.85. The summed E-state index contributed by atoms with van der Waals surface area (Å²) in [5.74, 6) is 0.713. The zero-order chi connectivity index (χ0) is 13.8. The molecule has 0 aliphatic heterocycles. The van der Waals surface area contributed by atoms with Crippen molar-refractivity contribution in [3.8, 4) is 0 Å². The van der Waals surface area contributed by atoms with Crippen LogP contribution in [0.25, 0.3) is 0 Å². The lowest BCUT2D eigenvalue weighted by Gasteiger charge is -2.30. The summed E-state index contributed by atoms with van der Waals surface area (Å²) >= 11 is 0. The number of amides is 1. The van der Waals surface area contributed by atoms with Crippen molar-refractivity contribution >= 4 is 11.7 Å². The smallest absolute Gasteiger partial charge is 0.253 e. The second-order valence-corrected chi connectivity index (χ2v) is 5.05. The minimum Gasteiger partial charge on any atom is -0.409 e. The van der Waals surface area contributed by atoms with Crippen LogP contribution in [0, 0.1) is 5.92 Å². The van der Waals surface area contributed by atoms with Gasteiger partial charge in [0.2, 0.25) is 0 Å². The van der Waals surface area contributed by atoms with Crippen LogP contribution in [-0.4, -0.2) is 35.4 Å². The summed E-state index contributed by atoms with van der Waals surface area (Å²) in [5, 5.41) is 11.5. The normalized spacial score (nSPS) is 15.9. The van der Waals surface area contributed by atoms with Crippen LogP contribution in [0.15, 0.2) is 29.4 Å². The molecule has 1 amide bonds. The Bertz CT molecular complexity index is 478. The number of nitrogens with zero attached hydrogens (tertiary/aromatic N) is 2. The van der Waals surface area contributed by atoms with Crippen molar-refractivity contribution in [1.82, 2.24) is 4.90 Å². The zero-order valence-corrected chi connectivity index (χ0v) is 11.0. The lowest BCUT2D eigenvalue weighted by Crippen LogP contribution is -2.34. The third kappa shape index (κ3) is 3.05. The van der Waals surface area contributed by atoms with E-state index in [1.807, 2.05) is 7.05 Å². The minimum atomic E-state index is 0.0120. The predicted octanol–water partition coefficient (Wildman–Crippen LogP) is 1.65. The average Bonchev–Trinajstić information content (AvgIpc) is 2.41. The number of oxime groups is 1. The van der Waals surface area contributed by atoms with E-state index in [1.165, 1.54) is 19.3 Å². The van der Waals surface area contributed by atoms with Gasteiger partial charge in [-0.3, -0.25) is 4.79 Å². The predicted molar refractivity (Wildman–Crippen MR) is 73.3 cm³/mol. The van der Waals surface area contributed by atoms with Crippen LogP contribution in [0.5, 0.6) is 0 Å². The van der Waals surface area contributed by atoms with Gasteiger partial charge in [0, 0.05) is 24.7 Å². The Balaban J connectivity index is 2.02. The Kier molecular flexibility index (Phi) is 4.04. The second kappa shape index (κ2) is 5.73. The highest BCUT2D eigenvalue weighted by Crippen LogP contribution is 2.27. The largest absolute Gasteiger partial charge is 0.409 e. The molecule has 0 saturated heterocycles. The van der Waals surface area contributed by atoms with E-state index in [4.69, 9.17) is 10.9 Å². The SMILES string of the molecule is CN(CC1CCC1)C(=O)c1ccc(C(N)=NO)cc1. The van der Waals surface area contributed by atoms with Gasteiger partial charge in [0.25, 0.3) is 5.91 Å². The monoisotopic (exact) mass is 261 g/mol. The Morgan fingerprint density at radius 2 is 1.95 bits per heavy atom. The number of carbonyl (C=O) groups is 1. The number of benzene rings is 1. The molecule has 0 radical (unpaired) electrons. The Morgan fingerprint density at radius 3 is 2.42 bits per heavy atom. The molecule has 1 aromatic rings. The van der Waals surface area contributed by atoms with Gasteiger partial charge in [-0.05, 0) is 30.9 Å². The molecule has 0 atom stereocenters. The Hall–Kier alpha value is -2.04. The van der Waals surface area contributed by atoms with E-state index in [9.17, 15) is 4.79 Å². The van der Waals surface area contributed by atoms with Crippen LogP contribution in [0.4, 0.5) is 0 Å². The molecule has 0 bridgehead atoms. The molecule has 0 aromatic heterocycles. The summed E-state index contributed by atoms with van der Waals surface area (Å²) in [4.78, 5) is 14.0. The van der Waals surface area contributed by atoms with Gasteiger partial charge in [-0.2, -0.15) is 0 Å². The first-order valence-corrected chi connectivity index (χ1v) is 6.45. The summed E-state index contributed by atoms with van der Waals surface area (Å²) < 4.78 is 0. The molecule has 2 rings (SSSR count). The van der Waals surface area contributed by atoms with Crippen molar-refractivity contribution in [2.75, 3.05) is 13.6 Å². The van der Waals surface area contributed by atoms with E-state index < -0.39 is 0 Å². The molecule has 1 aliphatic rings. The Labute approximate surface area is 112 Å². The standard InChI is InChI=1S/C14H19N3O2/c1-17(9-10-3-2-4-10)14(18)12-7-5-11(6-8-12)13(15)16-19/h5-8,10,19H,2-4,9H2,1H3,(H2,15,16). The molecule has 0 spiro atoms. The summed E-state index contributed by atoms with van der Waals surface area (Å²) in [6, 6.07) is 6.76. The Morgan fingerprint density at radius 1 is 1.37 bits per heavy atom. The fourth-order valence-corrected chi connectivity index (χ4v) is 2.21. The maximum Gasteiger partial charge on any atom is 0.253 e. The van der Waals surface area contributed by atoms with E-state index in [2.05, 4.69) is 5.16 Å². The average molecular weight is 261 g/mol. The second-order valence-electron chi connectivity index (χ2n) is 5.05. The van der Waals surface area contributed by atoms with Gasteiger partial charge in [-0.1, -0.05) is 23.7 Å². The maximum absolute atomic E-state index is 12.2. The third-order valence-corrected chi connectivity index (χ3v) is 3.64.